The molecule has 0 aliphatic heterocycles. The summed E-state index contributed by atoms with van der Waals surface area (Å²) >= 11 is -1.56. The number of carbonyl (C=O) groups excluding carboxylic acids is 1. The molecule has 0 radical (unpaired) electrons. The zero-order valence-electron chi connectivity index (χ0n) is 23.2. The third kappa shape index (κ3) is 9.17. The second kappa shape index (κ2) is 15.9. The van der Waals surface area contributed by atoms with E-state index in [9.17, 15) is 24.0 Å². The molecule has 12 heteroatoms. The number of carboxylic acid groups (broad SMARTS) is 1. The minimum atomic E-state index is -1.56. The van der Waals surface area contributed by atoms with E-state index < -0.39 is 47.1 Å². The first-order valence-electron chi connectivity index (χ1n) is 15.1. The van der Waals surface area contributed by atoms with Crippen LogP contribution in [0.25, 0.3) is 0 Å². The Bertz CT molecular complexity index is 839. The summed E-state index contributed by atoms with van der Waals surface area (Å²) < 4.78 is 24.8. The molecule has 4 fully saturated rings. The predicted molar refractivity (Wildman–Crippen MR) is 143 cm³/mol. The van der Waals surface area contributed by atoms with E-state index >= 15 is 0 Å². The normalized spacial score (nSPS) is 37.9. The second-order valence-corrected chi connectivity index (χ2v) is 13.5. The Morgan fingerprint density at radius 1 is 0.750 bits per heavy atom. The average molecular weight is 591 g/mol. The monoisotopic (exact) mass is 590 g/mol. The van der Waals surface area contributed by atoms with E-state index in [0.717, 1.165) is 51.4 Å². The van der Waals surface area contributed by atoms with Gasteiger partial charge in [-0.3, -0.25) is 19.0 Å². The number of aliphatic carboxylic acids is 1. The van der Waals surface area contributed by atoms with Gasteiger partial charge in [-0.15, -0.1) is 0 Å². The van der Waals surface area contributed by atoms with Crippen LogP contribution in [-0.4, -0.2) is 74.5 Å². The van der Waals surface area contributed by atoms with Crippen LogP contribution in [0.2, 0.25) is 0 Å². The van der Waals surface area contributed by atoms with Crippen molar-refractivity contribution >= 4 is 23.0 Å². The van der Waals surface area contributed by atoms with E-state index in [1.54, 1.807) is 0 Å². The van der Waals surface area contributed by atoms with E-state index in [1.807, 2.05) is 0 Å². The molecule has 0 spiro atoms. The summed E-state index contributed by atoms with van der Waals surface area (Å²) in [6.07, 6.45) is 9.08. The molecule has 0 aromatic rings. The van der Waals surface area contributed by atoms with E-state index in [2.05, 4.69) is 4.89 Å². The Kier molecular flexibility index (Phi) is 12.6. The maximum absolute atomic E-state index is 13.1. The smallest absolute Gasteiger partial charge is 0.310 e. The minimum Gasteiger partial charge on any atom is -0.481 e. The van der Waals surface area contributed by atoms with Crippen LogP contribution < -0.4 is 0 Å². The van der Waals surface area contributed by atoms with Crippen molar-refractivity contribution in [2.24, 2.45) is 23.7 Å². The van der Waals surface area contributed by atoms with Gasteiger partial charge in [0.1, 0.15) is 6.10 Å². The van der Waals surface area contributed by atoms with Crippen molar-refractivity contribution in [3.63, 3.8) is 0 Å². The molecule has 0 amide bonds. The van der Waals surface area contributed by atoms with Gasteiger partial charge in [0.15, 0.2) is 11.1 Å². The molecule has 11 nitrogen and oxygen atoms in total. The van der Waals surface area contributed by atoms with Gasteiger partial charge in [-0.25, -0.2) is 18.9 Å². The average Bonchev–Trinajstić information content (AvgIpc) is 2.94. The number of carboxylic acids is 1. The lowest BCUT2D eigenvalue weighted by Crippen LogP contribution is -2.41. The molecule has 230 valence electrons. The first-order valence-corrected chi connectivity index (χ1v) is 16.2. The van der Waals surface area contributed by atoms with Crippen molar-refractivity contribution in [1.29, 1.82) is 0 Å². The molecule has 3 N–H and O–H groups in total. The van der Waals surface area contributed by atoms with Gasteiger partial charge in [0.2, 0.25) is 0 Å². The van der Waals surface area contributed by atoms with Gasteiger partial charge in [-0.05, 0) is 82.5 Å². The number of esters is 1. The Morgan fingerprint density at radius 2 is 1.45 bits per heavy atom. The Labute approximate surface area is 238 Å². The first kappa shape index (κ1) is 31.8. The summed E-state index contributed by atoms with van der Waals surface area (Å²) in [6, 6.07) is 0. The molecule has 0 aromatic carbocycles. The fourth-order valence-electron chi connectivity index (χ4n) is 6.87. The highest BCUT2D eigenvalue weighted by atomic mass is 32.2. The molecular formula is C28H46O11S. The van der Waals surface area contributed by atoms with Crippen molar-refractivity contribution in [3.8, 4) is 0 Å². The van der Waals surface area contributed by atoms with Gasteiger partial charge in [-0.1, -0.05) is 12.8 Å². The largest absolute Gasteiger partial charge is 0.481 e. The summed E-state index contributed by atoms with van der Waals surface area (Å²) in [7, 11) is 0. The maximum Gasteiger partial charge on any atom is 0.310 e. The first-order chi connectivity index (χ1) is 19.3. The summed E-state index contributed by atoms with van der Waals surface area (Å²) in [5.41, 5.74) is 0. The van der Waals surface area contributed by atoms with Crippen molar-refractivity contribution in [3.05, 3.63) is 0 Å². The lowest BCUT2D eigenvalue weighted by Gasteiger charge is -2.34. The van der Waals surface area contributed by atoms with Gasteiger partial charge in [0.05, 0.1) is 48.6 Å². The standard InChI is InChI=1S/C28H46O11S/c29-20-11-12-25(27(30)31)26(13-20)28(32)37-21-7-4-10-24(15-21)40(34)39-23-9-3-8-22(14-23)38-36-17-19-6-2-1-5-18(19)16-35-33/h18-26,29,33H,1-17H2,(H,30,31). The molecule has 10 unspecified atom stereocenters. The quantitative estimate of drug-likeness (QED) is 0.172. The minimum absolute atomic E-state index is 0.0912. The van der Waals surface area contributed by atoms with E-state index in [1.165, 1.54) is 0 Å². The van der Waals surface area contributed by atoms with Gasteiger partial charge >= 0.3 is 11.9 Å². The number of aliphatic hydroxyl groups is 1. The third-order valence-corrected chi connectivity index (χ3v) is 10.7. The topological polar surface area (TPSA) is 158 Å². The summed E-state index contributed by atoms with van der Waals surface area (Å²) in [5, 5.41) is 28.0. The van der Waals surface area contributed by atoms with Gasteiger partial charge < -0.3 is 14.9 Å². The molecule has 4 rings (SSSR count). The number of rotatable bonds is 12. The SMILES string of the molecule is O=C(O)C1CCC(O)CC1C(=O)OC1CCCC(S(=O)OC2CCCC(OOCC3CCCCC3COO)C2)C1. The van der Waals surface area contributed by atoms with E-state index in [-0.39, 0.29) is 42.1 Å². The lowest BCUT2D eigenvalue weighted by molar-refractivity contribution is -0.341. The Morgan fingerprint density at radius 3 is 2.20 bits per heavy atom. The molecule has 40 heavy (non-hydrogen) atoms. The molecule has 0 bridgehead atoms. The van der Waals surface area contributed by atoms with Gasteiger partial charge in [0.25, 0.3) is 0 Å². The third-order valence-electron chi connectivity index (χ3n) is 9.23. The Hall–Kier alpha value is -1.15. The number of ether oxygens (including phenoxy) is 1. The number of hydrogen-bond acceptors (Lipinski definition) is 10. The predicted octanol–water partition coefficient (Wildman–Crippen LogP) is 3.94. The summed E-state index contributed by atoms with van der Waals surface area (Å²) in [5.74, 6) is -2.79. The van der Waals surface area contributed by atoms with Crippen LogP contribution >= 0.6 is 0 Å². The zero-order chi connectivity index (χ0) is 28.5. The van der Waals surface area contributed by atoms with E-state index in [4.69, 9.17) is 24.0 Å². The lowest BCUT2D eigenvalue weighted by atomic mass is 9.78. The zero-order valence-corrected chi connectivity index (χ0v) is 24.0. The number of aliphatic hydroxyl groups excluding tert-OH is 1. The molecular weight excluding hydrogens is 544 g/mol. The Balaban J connectivity index is 1.19. The van der Waals surface area contributed by atoms with Gasteiger partial charge in [-0.2, -0.15) is 0 Å². The van der Waals surface area contributed by atoms with Crippen LogP contribution in [0.15, 0.2) is 0 Å². The summed E-state index contributed by atoms with van der Waals surface area (Å²) in [6.45, 7) is 0.768. The van der Waals surface area contributed by atoms with Crippen molar-refractivity contribution in [2.45, 2.75) is 126 Å². The number of carbonyl (C=O) groups is 2. The number of hydrogen-bond donors (Lipinski definition) is 3. The molecule has 0 aromatic heterocycles. The van der Waals surface area contributed by atoms with Crippen molar-refractivity contribution in [2.75, 3.05) is 13.2 Å². The highest BCUT2D eigenvalue weighted by Gasteiger charge is 2.41. The highest BCUT2D eigenvalue weighted by molar-refractivity contribution is 7.80. The molecule has 0 saturated heterocycles. The molecule has 4 saturated carbocycles. The molecule has 4 aliphatic carbocycles. The van der Waals surface area contributed by atoms with Crippen LogP contribution in [0, 0.1) is 23.7 Å². The van der Waals surface area contributed by atoms with Gasteiger partial charge in [0, 0.05) is 12.8 Å². The fourth-order valence-corrected chi connectivity index (χ4v) is 8.20. The van der Waals surface area contributed by atoms with Crippen LogP contribution in [0.5, 0.6) is 0 Å². The highest BCUT2D eigenvalue weighted by Crippen LogP contribution is 2.35. The van der Waals surface area contributed by atoms with Crippen LogP contribution in [-0.2, 0) is 44.3 Å². The summed E-state index contributed by atoms with van der Waals surface area (Å²) in [4.78, 5) is 40.2. The second-order valence-electron chi connectivity index (χ2n) is 12.1. The maximum atomic E-state index is 13.1. The van der Waals surface area contributed by atoms with Crippen molar-refractivity contribution in [1.82, 2.24) is 0 Å². The van der Waals surface area contributed by atoms with Crippen LogP contribution in [0.3, 0.4) is 0 Å². The van der Waals surface area contributed by atoms with Crippen molar-refractivity contribution < 1.29 is 52.9 Å². The molecule has 0 heterocycles. The van der Waals surface area contributed by atoms with Crippen LogP contribution in [0.1, 0.15) is 96.3 Å². The fraction of sp³-hybridized carbons (Fsp3) is 0.929. The molecule has 10 atom stereocenters. The van der Waals surface area contributed by atoms with Crippen LogP contribution in [0.4, 0.5) is 0 Å². The molecule has 4 aliphatic rings. The van der Waals surface area contributed by atoms with E-state index in [0.29, 0.717) is 45.3 Å².